The predicted octanol–water partition coefficient (Wildman–Crippen LogP) is 0.444. The van der Waals surface area contributed by atoms with Crippen LogP contribution in [0.4, 0.5) is 0 Å². The fourth-order valence-electron chi connectivity index (χ4n) is 2.50. The molecule has 0 radical (unpaired) electrons. The van der Waals surface area contributed by atoms with Gasteiger partial charge in [-0.1, -0.05) is 6.92 Å². The maximum atomic E-state index is 5.83. The SMILES string of the molecule is CC1CCN(C2(CN)COC2)C1C. The first kappa shape index (κ1) is 9.44. The van der Waals surface area contributed by atoms with Crippen LogP contribution >= 0.6 is 0 Å². The fourth-order valence-corrected chi connectivity index (χ4v) is 2.50. The zero-order valence-electron chi connectivity index (χ0n) is 8.62. The molecule has 3 nitrogen and oxygen atoms in total. The van der Waals surface area contributed by atoms with Crippen LogP contribution in [0.15, 0.2) is 0 Å². The second kappa shape index (κ2) is 3.23. The second-order valence-electron chi connectivity index (χ2n) is 4.62. The van der Waals surface area contributed by atoms with Gasteiger partial charge in [-0.3, -0.25) is 4.90 Å². The monoisotopic (exact) mass is 184 g/mol. The molecule has 2 heterocycles. The van der Waals surface area contributed by atoms with E-state index in [1.807, 2.05) is 0 Å². The van der Waals surface area contributed by atoms with E-state index in [9.17, 15) is 0 Å². The molecule has 2 saturated heterocycles. The van der Waals surface area contributed by atoms with Crippen molar-refractivity contribution < 1.29 is 4.74 Å². The molecule has 0 aromatic carbocycles. The molecule has 2 atom stereocenters. The van der Waals surface area contributed by atoms with E-state index in [4.69, 9.17) is 10.5 Å². The lowest BCUT2D eigenvalue weighted by atomic mass is 9.93. The Hall–Kier alpha value is -0.120. The Labute approximate surface area is 80.2 Å². The average Bonchev–Trinajstić information content (AvgIpc) is 2.35. The molecule has 0 aromatic heterocycles. The first-order valence-corrected chi connectivity index (χ1v) is 5.24. The van der Waals surface area contributed by atoms with E-state index in [1.165, 1.54) is 13.0 Å². The summed E-state index contributed by atoms with van der Waals surface area (Å²) < 4.78 is 5.30. The highest BCUT2D eigenvalue weighted by Crippen LogP contribution is 2.34. The number of nitrogens with zero attached hydrogens (tertiary/aromatic N) is 1. The van der Waals surface area contributed by atoms with E-state index in [-0.39, 0.29) is 5.54 Å². The van der Waals surface area contributed by atoms with E-state index in [1.54, 1.807) is 0 Å². The minimum atomic E-state index is 0.185. The standard InChI is InChI=1S/C10H20N2O/c1-8-3-4-12(9(8)2)10(5-11)6-13-7-10/h8-9H,3-7,11H2,1-2H3. The van der Waals surface area contributed by atoms with Gasteiger partial charge >= 0.3 is 0 Å². The molecule has 0 bridgehead atoms. The molecular weight excluding hydrogens is 164 g/mol. The normalized spacial score (nSPS) is 39.0. The van der Waals surface area contributed by atoms with Crippen molar-refractivity contribution in [2.24, 2.45) is 11.7 Å². The van der Waals surface area contributed by atoms with Crippen LogP contribution in [0, 0.1) is 5.92 Å². The zero-order chi connectivity index (χ0) is 9.47. The third-order valence-electron chi connectivity index (χ3n) is 3.87. The summed E-state index contributed by atoms with van der Waals surface area (Å²) in [6, 6.07) is 0.674. The summed E-state index contributed by atoms with van der Waals surface area (Å²) in [4.78, 5) is 2.56. The van der Waals surface area contributed by atoms with Gasteiger partial charge in [0.25, 0.3) is 0 Å². The van der Waals surface area contributed by atoms with Crippen molar-refractivity contribution in [1.29, 1.82) is 0 Å². The van der Waals surface area contributed by atoms with Crippen molar-refractivity contribution in [3.8, 4) is 0 Å². The smallest absolute Gasteiger partial charge is 0.0804 e. The Kier molecular flexibility index (Phi) is 2.34. The lowest BCUT2D eigenvalue weighted by Gasteiger charge is -2.49. The van der Waals surface area contributed by atoms with Gasteiger partial charge in [0.05, 0.1) is 18.8 Å². The molecule has 76 valence electrons. The van der Waals surface area contributed by atoms with Gasteiger partial charge < -0.3 is 10.5 Å². The highest BCUT2D eigenvalue weighted by Gasteiger charge is 2.47. The molecule has 2 fully saturated rings. The molecule has 0 aliphatic carbocycles. The fraction of sp³-hybridized carbons (Fsp3) is 1.00. The average molecular weight is 184 g/mol. The molecule has 3 heteroatoms. The van der Waals surface area contributed by atoms with Gasteiger partial charge in [0, 0.05) is 12.6 Å². The first-order chi connectivity index (χ1) is 6.19. The third-order valence-corrected chi connectivity index (χ3v) is 3.87. The van der Waals surface area contributed by atoms with Crippen LogP contribution in [0.2, 0.25) is 0 Å². The Bertz CT molecular complexity index is 186. The van der Waals surface area contributed by atoms with Gasteiger partial charge in [-0.25, -0.2) is 0 Å². The Balaban J connectivity index is 2.07. The summed E-state index contributed by atoms with van der Waals surface area (Å²) >= 11 is 0. The number of hydrogen-bond acceptors (Lipinski definition) is 3. The van der Waals surface area contributed by atoms with Gasteiger partial charge in [-0.2, -0.15) is 0 Å². The number of likely N-dealkylation sites (tertiary alicyclic amines) is 1. The molecule has 2 aliphatic heterocycles. The summed E-state index contributed by atoms with van der Waals surface area (Å²) in [5.41, 5.74) is 6.02. The number of hydrogen-bond donors (Lipinski definition) is 1. The Morgan fingerprint density at radius 1 is 1.46 bits per heavy atom. The predicted molar refractivity (Wildman–Crippen MR) is 52.6 cm³/mol. The lowest BCUT2D eigenvalue weighted by molar-refractivity contribution is -0.139. The van der Waals surface area contributed by atoms with Crippen molar-refractivity contribution in [2.75, 3.05) is 26.3 Å². The number of rotatable bonds is 2. The Morgan fingerprint density at radius 2 is 2.15 bits per heavy atom. The van der Waals surface area contributed by atoms with Gasteiger partial charge in [0.1, 0.15) is 0 Å². The minimum absolute atomic E-state index is 0.185. The van der Waals surface area contributed by atoms with Gasteiger partial charge in [-0.05, 0) is 25.8 Å². The van der Waals surface area contributed by atoms with E-state index < -0.39 is 0 Å². The number of nitrogens with two attached hydrogens (primary N) is 1. The lowest BCUT2D eigenvalue weighted by Crippen LogP contribution is -2.67. The molecule has 2 unspecified atom stereocenters. The molecular formula is C10H20N2O. The molecule has 2 N–H and O–H groups in total. The Morgan fingerprint density at radius 3 is 2.46 bits per heavy atom. The summed E-state index contributed by atoms with van der Waals surface area (Å²) in [5.74, 6) is 0.809. The van der Waals surface area contributed by atoms with Crippen LogP contribution in [0.5, 0.6) is 0 Å². The van der Waals surface area contributed by atoms with Crippen molar-refractivity contribution in [3.05, 3.63) is 0 Å². The van der Waals surface area contributed by atoms with Crippen molar-refractivity contribution >= 4 is 0 Å². The van der Waals surface area contributed by atoms with Crippen LogP contribution in [0.1, 0.15) is 20.3 Å². The highest BCUT2D eigenvalue weighted by atomic mass is 16.5. The van der Waals surface area contributed by atoms with E-state index in [0.29, 0.717) is 6.04 Å². The maximum absolute atomic E-state index is 5.83. The third kappa shape index (κ3) is 1.30. The van der Waals surface area contributed by atoms with Gasteiger partial charge in [0.2, 0.25) is 0 Å². The van der Waals surface area contributed by atoms with Gasteiger partial charge in [0.15, 0.2) is 0 Å². The molecule has 0 saturated carbocycles. The topological polar surface area (TPSA) is 38.5 Å². The second-order valence-corrected chi connectivity index (χ2v) is 4.62. The first-order valence-electron chi connectivity index (χ1n) is 5.24. The molecule has 2 aliphatic rings. The summed E-state index contributed by atoms with van der Waals surface area (Å²) in [6.45, 7) is 8.25. The summed E-state index contributed by atoms with van der Waals surface area (Å²) in [6.07, 6.45) is 1.31. The maximum Gasteiger partial charge on any atom is 0.0804 e. The van der Waals surface area contributed by atoms with Crippen LogP contribution in [0.3, 0.4) is 0 Å². The summed E-state index contributed by atoms with van der Waals surface area (Å²) in [5, 5.41) is 0. The van der Waals surface area contributed by atoms with E-state index in [2.05, 4.69) is 18.7 Å². The molecule has 13 heavy (non-hydrogen) atoms. The minimum Gasteiger partial charge on any atom is -0.377 e. The van der Waals surface area contributed by atoms with Gasteiger partial charge in [-0.15, -0.1) is 0 Å². The quantitative estimate of drug-likeness (QED) is 0.677. The van der Waals surface area contributed by atoms with Crippen LogP contribution < -0.4 is 5.73 Å². The highest BCUT2D eigenvalue weighted by molar-refractivity contribution is 5.02. The molecule has 2 rings (SSSR count). The van der Waals surface area contributed by atoms with Crippen molar-refractivity contribution in [3.63, 3.8) is 0 Å². The van der Waals surface area contributed by atoms with Crippen molar-refractivity contribution in [2.45, 2.75) is 31.8 Å². The van der Waals surface area contributed by atoms with Crippen molar-refractivity contribution in [1.82, 2.24) is 4.90 Å². The molecule has 0 spiro atoms. The van der Waals surface area contributed by atoms with Crippen LogP contribution in [-0.2, 0) is 4.74 Å². The number of ether oxygens (including phenoxy) is 1. The largest absolute Gasteiger partial charge is 0.377 e. The van der Waals surface area contributed by atoms with Crippen LogP contribution in [-0.4, -0.2) is 42.8 Å². The van der Waals surface area contributed by atoms with E-state index >= 15 is 0 Å². The summed E-state index contributed by atoms with van der Waals surface area (Å²) in [7, 11) is 0. The van der Waals surface area contributed by atoms with Crippen LogP contribution in [0.25, 0.3) is 0 Å². The molecule has 0 aromatic rings. The zero-order valence-corrected chi connectivity index (χ0v) is 8.62. The molecule has 0 amide bonds. The van der Waals surface area contributed by atoms with E-state index in [0.717, 1.165) is 25.7 Å².